The molecule has 6 nitrogen and oxygen atoms in total. The monoisotopic (exact) mass is 413 g/mol. The van der Waals surface area contributed by atoms with E-state index in [9.17, 15) is 18.4 Å². The molecule has 8 heteroatoms. The number of hydrogen-bond donors (Lipinski definition) is 2. The molecule has 2 N–H and O–H groups in total. The van der Waals surface area contributed by atoms with Gasteiger partial charge in [-0.25, -0.2) is 0 Å². The number of fused-ring (bicyclic) bond motifs is 1. The molecule has 0 atom stereocenters. The highest BCUT2D eigenvalue weighted by molar-refractivity contribution is 6.08. The summed E-state index contributed by atoms with van der Waals surface area (Å²) in [6.45, 7) is 2.55. The Kier molecular flexibility index (Phi) is 4.80. The number of nitrogens with zero attached hydrogens (tertiary/aromatic N) is 1. The predicted octanol–water partition coefficient (Wildman–Crippen LogP) is 3.91. The molecule has 2 heterocycles. The fourth-order valence-electron chi connectivity index (χ4n) is 3.48. The third kappa shape index (κ3) is 4.32. The first-order valence-electron chi connectivity index (χ1n) is 9.61. The molecule has 1 aromatic heterocycles. The summed E-state index contributed by atoms with van der Waals surface area (Å²) in [5.41, 5.74) is 2.56. The molecule has 4 rings (SSSR count). The number of pyridine rings is 1. The van der Waals surface area contributed by atoms with Crippen LogP contribution in [-0.4, -0.2) is 22.9 Å². The van der Waals surface area contributed by atoms with Crippen molar-refractivity contribution < 1.29 is 23.1 Å². The van der Waals surface area contributed by atoms with Gasteiger partial charge < -0.3 is 15.4 Å². The van der Waals surface area contributed by atoms with Gasteiger partial charge in [-0.15, -0.1) is 0 Å². The second kappa shape index (κ2) is 7.19. The second-order valence-electron chi connectivity index (χ2n) is 7.81. The number of aromatic nitrogens is 1. The highest BCUT2D eigenvalue weighted by atomic mass is 19.3. The first kappa shape index (κ1) is 20.0. The number of halogens is 2. The van der Waals surface area contributed by atoms with Gasteiger partial charge in [-0.1, -0.05) is 12.1 Å². The summed E-state index contributed by atoms with van der Waals surface area (Å²) >= 11 is 0. The lowest BCUT2D eigenvalue weighted by atomic mass is 10.0. The van der Waals surface area contributed by atoms with Crippen LogP contribution in [0.1, 0.15) is 43.0 Å². The van der Waals surface area contributed by atoms with Crippen molar-refractivity contribution in [1.82, 2.24) is 10.3 Å². The largest absolute Gasteiger partial charge is 0.433 e. The fraction of sp³-hybridized carbons (Fsp3) is 0.318. The first-order chi connectivity index (χ1) is 14.1. The Morgan fingerprint density at radius 1 is 1.27 bits per heavy atom. The normalized spacial score (nSPS) is 17.2. The number of amides is 2. The molecule has 0 saturated heterocycles. The molecule has 0 bridgehead atoms. The minimum atomic E-state index is -3.26. The number of benzene rings is 1. The van der Waals surface area contributed by atoms with E-state index < -0.39 is 11.6 Å². The standard InChI is InChI=1S/C22H21F2N3O3/c1-13-9-18-17(25-12-13)10-14(11-19(28)26-18)20(29)27-22(7-8-22)15-3-5-16(6-4-15)30-21(2,23)24/h3-6,9-10,12H,7-8,11H2,1-2H3,(H,26,28)(H,27,29). The van der Waals surface area contributed by atoms with Crippen molar-refractivity contribution in [1.29, 1.82) is 0 Å². The molecule has 0 spiro atoms. The van der Waals surface area contributed by atoms with E-state index in [4.69, 9.17) is 0 Å². The number of carbonyl (C=O) groups excluding carboxylic acids is 2. The van der Waals surface area contributed by atoms with Crippen LogP contribution in [0.4, 0.5) is 14.5 Å². The number of nitrogens with one attached hydrogen (secondary N) is 2. The molecule has 30 heavy (non-hydrogen) atoms. The van der Waals surface area contributed by atoms with E-state index >= 15 is 0 Å². The van der Waals surface area contributed by atoms with Crippen LogP contribution in [0.5, 0.6) is 5.75 Å². The maximum Gasteiger partial charge on any atom is 0.394 e. The van der Waals surface area contributed by atoms with Gasteiger partial charge in [0.25, 0.3) is 0 Å². The molecule has 2 amide bonds. The van der Waals surface area contributed by atoms with Crippen LogP contribution < -0.4 is 15.4 Å². The van der Waals surface area contributed by atoms with E-state index in [1.54, 1.807) is 24.4 Å². The van der Waals surface area contributed by atoms with Gasteiger partial charge in [-0.2, -0.15) is 8.78 Å². The van der Waals surface area contributed by atoms with E-state index in [1.807, 2.05) is 13.0 Å². The smallest absolute Gasteiger partial charge is 0.394 e. The average Bonchev–Trinajstić information content (AvgIpc) is 3.44. The summed E-state index contributed by atoms with van der Waals surface area (Å²) in [6.07, 6.45) is 1.41. The van der Waals surface area contributed by atoms with Crippen molar-refractivity contribution >= 4 is 23.6 Å². The van der Waals surface area contributed by atoms with Crippen LogP contribution in [0, 0.1) is 6.92 Å². The Morgan fingerprint density at radius 2 is 1.97 bits per heavy atom. The predicted molar refractivity (Wildman–Crippen MR) is 107 cm³/mol. The molecule has 1 aliphatic heterocycles. The van der Waals surface area contributed by atoms with Gasteiger partial charge in [-0.3, -0.25) is 14.6 Å². The minimum Gasteiger partial charge on any atom is -0.433 e. The van der Waals surface area contributed by atoms with Crippen molar-refractivity contribution in [3.05, 3.63) is 58.9 Å². The average molecular weight is 413 g/mol. The molecule has 1 aromatic carbocycles. The van der Waals surface area contributed by atoms with E-state index in [-0.39, 0.29) is 24.0 Å². The molecular weight excluding hydrogens is 392 g/mol. The summed E-state index contributed by atoms with van der Waals surface area (Å²) in [6, 6.07) is 8.06. The molecule has 1 fully saturated rings. The Morgan fingerprint density at radius 3 is 2.60 bits per heavy atom. The van der Waals surface area contributed by atoms with Gasteiger partial charge in [0.05, 0.1) is 23.3 Å². The summed E-state index contributed by atoms with van der Waals surface area (Å²) in [7, 11) is 0. The highest BCUT2D eigenvalue weighted by Crippen LogP contribution is 2.46. The third-order valence-corrected chi connectivity index (χ3v) is 5.09. The number of hydrogen-bond acceptors (Lipinski definition) is 4. The zero-order valence-corrected chi connectivity index (χ0v) is 16.6. The topological polar surface area (TPSA) is 80.3 Å². The van der Waals surface area contributed by atoms with Crippen LogP contribution >= 0.6 is 0 Å². The van der Waals surface area contributed by atoms with Gasteiger partial charge in [-0.05, 0) is 55.2 Å². The molecule has 2 aliphatic rings. The van der Waals surface area contributed by atoms with Gasteiger partial charge in [0.1, 0.15) is 5.75 Å². The maximum absolute atomic E-state index is 13.0. The number of aryl methyl sites for hydroxylation is 1. The number of anilines is 1. The van der Waals surface area contributed by atoms with E-state index in [2.05, 4.69) is 20.4 Å². The van der Waals surface area contributed by atoms with Crippen molar-refractivity contribution in [3.63, 3.8) is 0 Å². The van der Waals surface area contributed by atoms with Crippen molar-refractivity contribution in [2.45, 2.75) is 44.8 Å². The molecule has 1 saturated carbocycles. The van der Waals surface area contributed by atoms with Crippen LogP contribution in [0.3, 0.4) is 0 Å². The Labute approximate surface area is 172 Å². The van der Waals surface area contributed by atoms with Gasteiger partial charge >= 0.3 is 6.11 Å². The zero-order chi connectivity index (χ0) is 21.5. The zero-order valence-electron chi connectivity index (χ0n) is 16.6. The molecule has 156 valence electrons. The van der Waals surface area contributed by atoms with Crippen LogP contribution in [0.15, 0.2) is 42.1 Å². The number of rotatable bonds is 5. The molecule has 0 radical (unpaired) electrons. The fourth-order valence-corrected chi connectivity index (χ4v) is 3.48. The summed E-state index contributed by atoms with van der Waals surface area (Å²) < 4.78 is 30.6. The molecule has 2 aromatic rings. The molecule has 0 unspecified atom stereocenters. The maximum atomic E-state index is 13.0. The van der Waals surface area contributed by atoms with Gasteiger partial charge in [0.2, 0.25) is 11.8 Å². The van der Waals surface area contributed by atoms with Crippen LogP contribution in [0.2, 0.25) is 0 Å². The Bertz CT molecular complexity index is 1040. The number of ether oxygens (including phenoxy) is 1. The highest BCUT2D eigenvalue weighted by Gasteiger charge is 2.46. The number of alkyl halides is 2. The molecular formula is C22H21F2N3O3. The van der Waals surface area contributed by atoms with E-state index in [0.29, 0.717) is 23.9 Å². The summed E-state index contributed by atoms with van der Waals surface area (Å²) in [5, 5.41) is 5.78. The third-order valence-electron chi connectivity index (χ3n) is 5.09. The molecule has 1 aliphatic carbocycles. The Balaban J connectivity index is 1.53. The van der Waals surface area contributed by atoms with Crippen molar-refractivity contribution in [2.75, 3.05) is 5.32 Å². The summed E-state index contributed by atoms with van der Waals surface area (Å²) in [4.78, 5) is 29.5. The van der Waals surface area contributed by atoms with Crippen LogP contribution in [-0.2, 0) is 15.1 Å². The summed E-state index contributed by atoms with van der Waals surface area (Å²) in [5.74, 6) is -0.581. The van der Waals surface area contributed by atoms with Crippen molar-refractivity contribution in [2.24, 2.45) is 0 Å². The lowest BCUT2D eigenvalue weighted by molar-refractivity contribution is -0.159. The lowest BCUT2D eigenvalue weighted by Gasteiger charge is -2.20. The van der Waals surface area contributed by atoms with E-state index in [0.717, 1.165) is 24.0 Å². The quantitative estimate of drug-likeness (QED) is 0.779. The minimum absolute atomic E-state index is 0.0505. The SMILES string of the molecule is Cc1cnc2c(c1)NC(=O)CC(C(=O)NC1(c3ccc(OC(C)(F)F)cc3)CC1)=C2. The van der Waals surface area contributed by atoms with Crippen LogP contribution in [0.25, 0.3) is 6.08 Å². The van der Waals surface area contributed by atoms with E-state index in [1.165, 1.54) is 12.1 Å². The second-order valence-corrected chi connectivity index (χ2v) is 7.81. The van der Waals surface area contributed by atoms with Gasteiger partial charge in [0.15, 0.2) is 0 Å². The first-order valence-corrected chi connectivity index (χ1v) is 9.61. The Hall–Kier alpha value is -3.29. The van der Waals surface area contributed by atoms with Crippen molar-refractivity contribution in [3.8, 4) is 5.75 Å². The number of carbonyl (C=O) groups is 2. The van der Waals surface area contributed by atoms with Gasteiger partial charge in [0, 0.05) is 18.7 Å². The lowest BCUT2D eigenvalue weighted by Crippen LogP contribution is -2.36.